The molecule has 4 aromatic rings. The van der Waals surface area contributed by atoms with Gasteiger partial charge in [0, 0.05) is 34.2 Å². The number of nitrogens with zero attached hydrogens (tertiary/aromatic N) is 2. The average molecular weight is 598 g/mol. The number of anilines is 1. The molecule has 10 rings (SSSR count). The first-order valence-corrected chi connectivity index (χ1v) is 16.3. The van der Waals surface area contributed by atoms with Crippen LogP contribution < -0.4 is 4.90 Å². The van der Waals surface area contributed by atoms with Crippen LogP contribution in [0.5, 0.6) is 0 Å². The summed E-state index contributed by atoms with van der Waals surface area (Å²) in [6.45, 7) is 2.28. The van der Waals surface area contributed by atoms with Crippen molar-refractivity contribution >= 4 is 21.6 Å². The van der Waals surface area contributed by atoms with E-state index in [4.69, 9.17) is 0 Å². The summed E-state index contributed by atoms with van der Waals surface area (Å²) in [5.41, 5.74) is 13.5. The van der Waals surface area contributed by atoms with Crippen molar-refractivity contribution in [1.82, 2.24) is 0 Å². The lowest BCUT2D eigenvalue weighted by Crippen LogP contribution is -2.55. The van der Waals surface area contributed by atoms with Gasteiger partial charge in [0.1, 0.15) is 0 Å². The predicted molar refractivity (Wildman–Crippen MR) is 170 cm³/mol. The van der Waals surface area contributed by atoms with E-state index in [1.54, 1.807) is 11.1 Å². The lowest BCUT2D eigenvalue weighted by molar-refractivity contribution is -0.0399. The largest absolute Gasteiger partial charge is 0.371 e. The van der Waals surface area contributed by atoms with E-state index in [9.17, 15) is 5.26 Å². The van der Waals surface area contributed by atoms with E-state index in [-0.39, 0.29) is 5.41 Å². The topological polar surface area (TPSA) is 27.0 Å². The van der Waals surface area contributed by atoms with Crippen LogP contribution in [0.2, 0.25) is 0 Å². The van der Waals surface area contributed by atoms with Gasteiger partial charge in [0.25, 0.3) is 0 Å². The quantitative estimate of drug-likeness (QED) is 0.235. The van der Waals surface area contributed by atoms with Gasteiger partial charge in [-0.2, -0.15) is 5.26 Å². The fourth-order valence-electron chi connectivity index (χ4n) is 9.83. The van der Waals surface area contributed by atoms with Gasteiger partial charge >= 0.3 is 0 Å². The summed E-state index contributed by atoms with van der Waals surface area (Å²) in [4.78, 5) is 2.59. The molecule has 4 aromatic carbocycles. The van der Waals surface area contributed by atoms with E-state index in [2.05, 4.69) is 93.6 Å². The van der Waals surface area contributed by atoms with Gasteiger partial charge in [0.2, 0.25) is 0 Å². The molecule has 0 amide bonds. The van der Waals surface area contributed by atoms with Gasteiger partial charge in [0.15, 0.2) is 0 Å². The molecule has 1 spiro atoms. The van der Waals surface area contributed by atoms with Crippen LogP contribution in [0.1, 0.15) is 55.2 Å². The number of hydrogen-bond donors (Lipinski definition) is 0. The standard InChI is InChI=1S/C38H33BrN2/c39-31-10-11-32-34-21-37(41-12-1-13-41)33(28-8-6-27(7-9-28)26-4-2-23(22-40)3-5-26)20-36(34)38(35(32)19-31)29-15-24-14-25(17-29)18-30(38)16-24/h2-11,19-21,24-25,29-30H,1,12-18H2. The molecular weight excluding hydrogens is 564 g/mol. The van der Waals surface area contributed by atoms with Crippen molar-refractivity contribution in [3.8, 4) is 39.4 Å². The lowest BCUT2D eigenvalue weighted by atomic mass is 9.43. The Hall–Kier alpha value is -3.35. The van der Waals surface area contributed by atoms with Crippen LogP contribution in [0.3, 0.4) is 0 Å². The third-order valence-corrected chi connectivity index (χ3v) is 12.0. The Morgan fingerprint density at radius 2 is 1.27 bits per heavy atom. The zero-order valence-corrected chi connectivity index (χ0v) is 24.8. The summed E-state index contributed by atoms with van der Waals surface area (Å²) >= 11 is 3.88. The maximum Gasteiger partial charge on any atom is 0.0991 e. The third-order valence-electron chi connectivity index (χ3n) is 11.5. The summed E-state index contributed by atoms with van der Waals surface area (Å²) in [5, 5.41) is 9.20. The highest BCUT2D eigenvalue weighted by atomic mass is 79.9. The van der Waals surface area contributed by atoms with Gasteiger partial charge in [-0.1, -0.05) is 58.4 Å². The van der Waals surface area contributed by atoms with Crippen LogP contribution in [0.4, 0.5) is 5.69 Å². The number of rotatable bonds is 3. The molecule has 0 radical (unpaired) electrons. The fraction of sp³-hybridized carbons (Fsp3) is 0.342. The smallest absolute Gasteiger partial charge is 0.0991 e. The molecule has 41 heavy (non-hydrogen) atoms. The summed E-state index contributed by atoms with van der Waals surface area (Å²) in [7, 11) is 0. The molecule has 2 nitrogen and oxygen atoms in total. The predicted octanol–water partition coefficient (Wildman–Crippen LogP) is 9.59. The van der Waals surface area contributed by atoms with Crippen LogP contribution in [-0.2, 0) is 5.41 Å². The van der Waals surface area contributed by atoms with Gasteiger partial charge < -0.3 is 4.90 Å². The van der Waals surface area contributed by atoms with E-state index in [1.165, 1.54) is 76.5 Å². The van der Waals surface area contributed by atoms with Crippen LogP contribution in [0.25, 0.3) is 33.4 Å². The van der Waals surface area contributed by atoms with E-state index < -0.39 is 0 Å². The number of hydrogen-bond acceptors (Lipinski definition) is 2. The normalized spacial score (nSPS) is 28.3. The number of fused-ring (bicyclic) bond motifs is 3. The second-order valence-corrected chi connectivity index (χ2v) is 14.3. The van der Waals surface area contributed by atoms with Gasteiger partial charge in [-0.3, -0.25) is 0 Å². The van der Waals surface area contributed by atoms with Crippen LogP contribution in [0.15, 0.2) is 83.3 Å². The highest BCUT2D eigenvalue weighted by Crippen LogP contribution is 2.70. The molecule has 3 heteroatoms. The zero-order chi connectivity index (χ0) is 27.3. The molecule has 1 aliphatic heterocycles. The van der Waals surface area contributed by atoms with E-state index >= 15 is 0 Å². The van der Waals surface area contributed by atoms with Crippen LogP contribution >= 0.6 is 15.9 Å². The van der Waals surface area contributed by atoms with Gasteiger partial charge in [-0.15, -0.1) is 0 Å². The van der Waals surface area contributed by atoms with Gasteiger partial charge in [-0.25, -0.2) is 0 Å². The Bertz CT molecular complexity index is 1710. The first kappa shape index (κ1) is 24.3. The summed E-state index contributed by atoms with van der Waals surface area (Å²) in [6.07, 6.45) is 8.37. The molecule has 1 saturated heterocycles. The van der Waals surface area contributed by atoms with Gasteiger partial charge in [0.05, 0.1) is 11.6 Å². The van der Waals surface area contributed by atoms with Crippen LogP contribution in [-0.4, -0.2) is 13.1 Å². The SMILES string of the molecule is N#Cc1ccc(-c2ccc(-c3cc4c(cc3N3CCC3)-c3ccc(Br)cc3C43C4CC5CC(C4)CC3C5)cc2)cc1. The van der Waals surface area contributed by atoms with Crippen molar-refractivity contribution in [3.05, 3.63) is 100 Å². The average Bonchev–Trinajstić information content (AvgIpc) is 3.23. The second-order valence-electron chi connectivity index (χ2n) is 13.4. The minimum absolute atomic E-state index is 0.159. The van der Waals surface area contributed by atoms with Crippen molar-refractivity contribution in [2.45, 2.75) is 43.9 Å². The summed E-state index contributed by atoms with van der Waals surface area (Å²) in [6, 6.07) is 31.7. The maximum atomic E-state index is 9.20. The van der Waals surface area contributed by atoms with Gasteiger partial charge in [-0.05, 0) is 138 Å². The van der Waals surface area contributed by atoms with E-state index in [1.807, 2.05) is 12.1 Å². The zero-order valence-electron chi connectivity index (χ0n) is 23.2. The van der Waals surface area contributed by atoms with Crippen molar-refractivity contribution in [3.63, 3.8) is 0 Å². The molecule has 0 unspecified atom stereocenters. The van der Waals surface area contributed by atoms with Crippen molar-refractivity contribution in [2.75, 3.05) is 18.0 Å². The molecule has 5 aliphatic carbocycles. The highest BCUT2D eigenvalue weighted by molar-refractivity contribution is 9.10. The molecule has 4 bridgehead atoms. The maximum absolute atomic E-state index is 9.20. The second kappa shape index (κ2) is 8.83. The van der Waals surface area contributed by atoms with Crippen molar-refractivity contribution < 1.29 is 0 Å². The first-order valence-electron chi connectivity index (χ1n) is 15.5. The third kappa shape index (κ3) is 3.41. The number of benzene rings is 4. The Morgan fingerprint density at radius 1 is 0.659 bits per heavy atom. The number of nitriles is 1. The van der Waals surface area contributed by atoms with Crippen molar-refractivity contribution in [2.24, 2.45) is 23.7 Å². The monoisotopic (exact) mass is 596 g/mol. The van der Waals surface area contributed by atoms with E-state index in [0.29, 0.717) is 5.56 Å². The molecule has 4 saturated carbocycles. The molecule has 0 aromatic heterocycles. The first-order chi connectivity index (χ1) is 20.1. The van der Waals surface area contributed by atoms with Crippen molar-refractivity contribution in [1.29, 1.82) is 5.26 Å². The molecular formula is C38H33BrN2. The van der Waals surface area contributed by atoms with E-state index in [0.717, 1.165) is 42.3 Å². The van der Waals surface area contributed by atoms with Crippen LogP contribution in [0, 0.1) is 35.0 Å². The Labute approximate surface area is 251 Å². The molecule has 1 heterocycles. The fourth-order valence-corrected chi connectivity index (χ4v) is 10.2. The summed E-state index contributed by atoms with van der Waals surface area (Å²) in [5.74, 6) is 3.40. The molecule has 0 N–H and O–H groups in total. The molecule has 0 atom stereocenters. The molecule has 6 aliphatic rings. The Morgan fingerprint density at radius 3 is 1.88 bits per heavy atom. The Balaban J connectivity index is 1.22. The summed E-state index contributed by atoms with van der Waals surface area (Å²) < 4.78 is 1.22. The number of halogens is 1. The molecule has 202 valence electrons. The molecule has 5 fully saturated rings. The Kier molecular flexibility index (Phi) is 5.22. The lowest BCUT2D eigenvalue weighted by Gasteiger charge is -2.61. The minimum atomic E-state index is 0.159. The minimum Gasteiger partial charge on any atom is -0.371 e. The highest BCUT2D eigenvalue weighted by Gasteiger charge is 2.61.